The monoisotopic (exact) mass is 251 g/mol. The van der Waals surface area contributed by atoms with E-state index in [9.17, 15) is 0 Å². The molecule has 0 bridgehead atoms. The van der Waals surface area contributed by atoms with Crippen LogP contribution in [-0.2, 0) is 11.3 Å². The number of methoxy groups -OCH3 is 1. The molecule has 0 amide bonds. The molecule has 0 aliphatic carbocycles. The fourth-order valence-corrected chi connectivity index (χ4v) is 3.03. The molecule has 1 aliphatic heterocycles. The summed E-state index contributed by atoms with van der Waals surface area (Å²) in [6.07, 6.45) is 5.02. The Morgan fingerprint density at radius 3 is 3.00 bits per heavy atom. The first kappa shape index (κ1) is 12.9. The number of nitrogens with zero attached hydrogens (tertiary/aromatic N) is 1. The number of benzene rings is 1. The van der Waals surface area contributed by atoms with Gasteiger partial charge in [-0.15, -0.1) is 11.8 Å². The van der Waals surface area contributed by atoms with Crippen LogP contribution in [0.15, 0.2) is 29.2 Å². The number of hydrogen-bond acceptors (Lipinski definition) is 3. The van der Waals surface area contributed by atoms with Crippen LogP contribution < -0.4 is 0 Å². The summed E-state index contributed by atoms with van der Waals surface area (Å²) in [5, 5.41) is 0. The van der Waals surface area contributed by atoms with Crippen molar-refractivity contribution in [3.05, 3.63) is 29.8 Å². The van der Waals surface area contributed by atoms with Crippen LogP contribution in [0.1, 0.15) is 18.4 Å². The SMILES string of the molecule is CO[C@@H]1CCCN(Cc2ccccc2SC)C1. The molecule has 0 radical (unpaired) electrons. The van der Waals surface area contributed by atoms with E-state index in [2.05, 4.69) is 35.4 Å². The third-order valence-electron chi connectivity index (χ3n) is 3.38. The highest BCUT2D eigenvalue weighted by Crippen LogP contribution is 2.23. The fourth-order valence-electron chi connectivity index (χ4n) is 2.42. The van der Waals surface area contributed by atoms with E-state index in [1.807, 2.05) is 18.9 Å². The second kappa shape index (κ2) is 6.43. The lowest BCUT2D eigenvalue weighted by Gasteiger charge is -2.32. The van der Waals surface area contributed by atoms with Crippen molar-refractivity contribution in [2.45, 2.75) is 30.4 Å². The molecule has 94 valence electrons. The van der Waals surface area contributed by atoms with Crippen molar-refractivity contribution in [3.63, 3.8) is 0 Å². The number of piperidine rings is 1. The molecule has 1 aromatic rings. The summed E-state index contributed by atoms with van der Waals surface area (Å²) in [6, 6.07) is 8.69. The van der Waals surface area contributed by atoms with Crippen molar-refractivity contribution >= 4 is 11.8 Å². The van der Waals surface area contributed by atoms with E-state index in [4.69, 9.17) is 4.74 Å². The van der Waals surface area contributed by atoms with Gasteiger partial charge >= 0.3 is 0 Å². The first-order valence-corrected chi connectivity index (χ1v) is 7.43. The number of thioether (sulfide) groups is 1. The van der Waals surface area contributed by atoms with Gasteiger partial charge in [0.25, 0.3) is 0 Å². The van der Waals surface area contributed by atoms with Gasteiger partial charge in [-0.3, -0.25) is 4.90 Å². The summed E-state index contributed by atoms with van der Waals surface area (Å²) >= 11 is 1.83. The van der Waals surface area contributed by atoms with Crippen LogP contribution in [0, 0.1) is 0 Å². The average Bonchev–Trinajstić information content (AvgIpc) is 2.39. The van der Waals surface area contributed by atoms with Crippen LogP contribution >= 0.6 is 11.8 Å². The molecule has 1 heterocycles. The van der Waals surface area contributed by atoms with E-state index in [0.717, 1.165) is 13.1 Å². The lowest BCUT2D eigenvalue weighted by molar-refractivity contribution is 0.0283. The summed E-state index contributed by atoms with van der Waals surface area (Å²) in [5.74, 6) is 0. The van der Waals surface area contributed by atoms with Crippen molar-refractivity contribution < 1.29 is 4.74 Å². The highest BCUT2D eigenvalue weighted by molar-refractivity contribution is 7.98. The topological polar surface area (TPSA) is 12.5 Å². The lowest BCUT2D eigenvalue weighted by Crippen LogP contribution is -2.38. The second-order valence-corrected chi connectivity index (χ2v) is 5.39. The Bertz CT molecular complexity index is 356. The van der Waals surface area contributed by atoms with Gasteiger partial charge in [-0.1, -0.05) is 18.2 Å². The van der Waals surface area contributed by atoms with Gasteiger partial charge in [-0.05, 0) is 37.3 Å². The summed E-state index contributed by atoms with van der Waals surface area (Å²) in [4.78, 5) is 3.90. The van der Waals surface area contributed by atoms with Gasteiger partial charge in [-0.2, -0.15) is 0 Å². The Balaban J connectivity index is 2.00. The molecular weight excluding hydrogens is 230 g/mol. The fraction of sp³-hybridized carbons (Fsp3) is 0.571. The molecular formula is C14H21NOS. The molecule has 0 N–H and O–H groups in total. The van der Waals surface area contributed by atoms with E-state index in [-0.39, 0.29) is 0 Å². The van der Waals surface area contributed by atoms with E-state index in [1.54, 1.807) is 0 Å². The predicted octanol–water partition coefficient (Wildman–Crippen LogP) is 3.02. The Morgan fingerprint density at radius 2 is 2.24 bits per heavy atom. The third-order valence-corrected chi connectivity index (χ3v) is 4.22. The van der Waals surface area contributed by atoms with Crippen LogP contribution in [0.5, 0.6) is 0 Å². The highest BCUT2D eigenvalue weighted by Gasteiger charge is 2.19. The summed E-state index contributed by atoms with van der Waals surface area (Å²) in [5.41, 5.74) is 1.44. The van der Waals surface area contributed by atoms with Gasteiger partial charge in [-0.25, -0.2) is 0 Å². The Morgan fingerprint density at radius 1 is 1.41 bits per heavy atom. The minimum absolute atomic E-state index is 0.421. The summed E-state index contributed by atoms with van der Waals surface area (Å²) in [6.45, 7) is 3.32. The largest absolute Gasteiger partial charge is 0.380 e. The summed E-state index contributed by atoms with van der Waals surface area (Å²) < 4.78 is 5.47. The smallest absolute Gasteiger partial charge is 0.0698 e. The zero-order valence-corrected chi connectivity index (χ0v) is 11.5. The van der Waals surface area contributed by atoms with E-state index >= 15 is 0 Å². The minimum Gasteiger partial charge on any atom is -0.380 e. The lowest BCUT2D eigenvalue weighted by atomic mass is 10.1. The first-order valence-electron chi connectivity index (χ1n) is 6.20. The zero-order chi connectivity index (χ0) is 12.1. The molecule has 1 saturated heterocycles. The highest BCUT2D eigenvalue weighted by atomic mass is 32.2. The third kappa shape index (κ3) is 3.47. The maximum absolute atomic E-state index is 5.47. The van der Waals surface area contributed by atoms with Gasteiger partial charge in [0.2, 0.25) is 0 Å². The molecule has 1 aromatic carbocycles. The minimum atomic E-state index is 0.421. The molecule has 17 heavy (non-hydrogen) atoms. The van der Waals surface area contributed by atoms with Gasteiger partial charge in [0, 0.05) is 25.1 Å². The van der Waals surface area contributed by atoms with Crippen LogP contribution in [0.2, 0.25) is 0 Å². The normalized spacial score (nSPS) is 21.6. The molecule has 0 spiro atoms. The van der Waals surface area contributed by atoms with Crippen molar-refractivity contribution in [1.29, 1.82) is 0 Å². The van der Waals surface area contributed by atoms with Gasteiger partial charge in [0.05, 0.1) is 6.10 Å². The molecule has 0 saturated carbocycles. The van der Waals surface area contributed by atoms with Gasteiger partial charge in [0.15, 0.2) is 0 Å². The number of likely N-dealkylation sites (tertiary alicyclic amines) is 1. The average molecular weight is 251 g/mol. The molecule has 1 atom stereocenters. The maximum Gasteiger partial charge on any atom is 0.0698 e. The molecule has 1 aliphatic rings. The predicted molar refractivity (Wildman–Crippen MR) is 73.5 cm³/mol. The van der Waals surface area contributed by atoms with E-state index in [1.165, 1.54) is 29.8 Å². The van der Waals surface area contributed by atoms with Crippen LogP contribution in [0.3, 0.4) is 0 Å². The van der Waals surface area contributed by atoms with Crippen molar-refractivity contribution in [3.8, 4) is 0 Å². The second-order valence-electron chi connectivity index (χ2n) is 4.55. The molecule has 0 aromatic heterocycles. The molecule has 3 heteroatoms. The Kier molecular flexibility index (Phi) is 4.89. The maximum atomic E-state index is 5.47. The summed E-state index contributed by atoms with van der Waals surface area (Å²) in [7, 11) is 1.82. The quantitative estimate of drug-likeness (QED) is 0.763. The van der Waals surface area contributed by atoms with Crippen molar-refractivity contribution in [2.75, 3.05) is 26.5 Å². The molecule has 2 nitrogen and oxygen atoms in total. The first-order chi connectivity index (χ1) is 8.33. The molecule has 1 fully saturated rings. The van der Waals surface area contributed by atoms with E-state index in [0.29, 0.717) is 6.10 Å². The van der Waals surface area contributed by atoms with Gasteiger partial charge in [0.1, 0.15) is 0 Å². The van der Waals surface area contributed by atoms with Crippen LogP contribution in [-0.4, -0.2) is 37.5 Å². The van der Waals surface area contributed by atoms with E-state index < -0.39 is 0 Å². The van der Waals surface area contributed by atoms with Crippen LogP contribution in [0.25, 0.3) is 0 Å². The number of ether oxygens (including phenoxy) is 1. The van der Waals surface area contributed by atoms with Crippen LogP contribution in [0.4, 0.5) is 0 Å². The number of hydrogen-bond donors (Lipinski definition) is 0. The molecule has 0 unspecified atom stereocenters. The van der Waals surface area contributed by atoms with Crippen molar-refractivity contribution in [2.24, 2.45) is 0 Å². The standard InChI is InChI=1S/C14H21NOS/c1-16-13-7-5-9-15(11-13)10-12-6-3-4-8-14(12)17-2/h3-4,6,8,13H,5,7,9-11H2,1-2H3/t13-/m1/s1. The van der Waals surface area contributed by atoms with Crippen molar-refractivity contribution in [1.82, 2.24) is 4.90 Å². The zero-order valence-electron chi connectivity index (χ0n) is 10.7. The molecule has 2 rings (SSSR count). The van der Waals surface area contributed by atoms with Gasteiger partial charge < -0.3 is 4.74 Å². The Labute approximate surface area is 108 Å². The number of rotatable bonds is 4. The Hall–Kier alpha value is -0.510.